The first-order valence-corrected chi connectivity index (χ1v) is 14.2. The molecule has 1 aliphatic carbocycles. The molecule has 2 aliphatic rings. The lowest BCUT2D eigenvalue weighted by atomic mass is 9.98. The number of alkyl carbamates (subject to hydrolysis) is 1. The van der Waals surface area contributed by atoms with Gasteiger partial charge in [-0.1, -0.05) is 48.5 Å². The highest BCUT2D eigenvalue weighted by molar-refractivity contribution is 5.89. The molecular weight excluding hydrogens is 526 g/mol. The summed E-state index contributed by atoms with van der Waals surface area (Å²) < 4.78 is 10.9. The quantitative estimate of drug-likeness (QED) is 0.357. The molecule has 41 heavy (non-hydrogen) atoms. The Morgan fingerprint density at radius 1 is 1.00 bits per heavy atom. The fourth-order valence-corrected chi connectivity index (χ4v) is 5.44. The second-order valence-corrected chi connectivity index (χ2v) is 11.5. The van der Waals surface area contributed by atoms with Crippen molar-refractivity contribution in [2.75, 3.05) is 19.7 Å². The van der Waals surface area contributed by atoms with Crippen LogP contribution >= 0.6 is 0 Å². The van der Waals surface area contributed by atoms with E-state index in [1.165, 1.54) is 4.90 Å². The predicted molar refractivity (Wildman–Crippen MR) is 152 cm³/mol. The molecule has 2 aromatic carbocycles. The van der Waals surface area contributed by atoms with Crippen LogP contribution in [0, 0.1) is 0 Å². The number of aliphatic carboxylic acids is 1. The third-order valence-electron chi connectivity index (χ3n) is 7.33. The molecule has 1 saturated heterocycles. The number of hydrogen-bond acceptors (Lipinski definition) is 6. The number of amides is 3. The summed E-state index contributed by atoms with van der Waals surface area (Å²) in [4.78, 5) is 51.2. The zero-order chi connectivity index (χ0) is 29.6. The van der Waals surface area contributed by atoms with E-state index in [2.05, 4.69) is 22.8 Å². The molecule has 1 heterocycles. The van der Waals surface area contributed by atoms with Gasteiger partial charge in [-0.3, -0.25) is 9.69 Å². The van der Waals surface area contributed by atoms with E-state index in [0.717, 1.165) is 22.3 Å². The number of nitrogens with zero attached hydrogens (tertiary/aromatic N) is 1. The van der Waals surface area contributed by atoms with Crippen molar-refractivity contribution in [3.63, 3.8) is 0 Å². The minimum Gasteiger partial charge on any atom is -0.480 e. The zero-order valence-corrected chi connectivity index (χ0v) is 23.9. The van der Waals surface area contributed by atoms with Crippen LogP contribution in [0.1, 0.15) is 69.9 Å². The average molecular weight is 566 g/mol. The van der Waals surface area contributed by atoms with Crippen LogP contribution in [-0.2, 0) is 19.1 Å². The number of nitrogens with one attached hydrogen (secondary N) is 2. The average Bonchev–Trinajstić information content (AvgIpc) is 3.53. The molecule has 3 N–H and O–H groups in total. The van der Waals surface area contributed by atoms with Crippen LogP contribution in [0.3, 0.4) is 0 Å². The third-order valence-corrected chi connectivity index (χ3v) is 7.33. The monoisotopic (exact) mass is 565 g/mol. The van der Waals surface area contributed by atoms with Crippen molar-refractivity contribution in [2.24, 2.45) is 0 Å². The molecular formula is C31H39N3O7. The van der Waals surface area contributed by atoms with Gasteiger partial charge in [0.25, 0.3) is 0 Å². The van der Waals surface area contributed by atoms with Crippen molar-refractivity contribution in [2.45, 2.75) is 76.5 Å². The molecule has 0 radical (unpaired) electrons. The van der Waals surface area contributed by atoms with Crippen molar-refractivity contribution in [3.8, 4) is 11.1 Å². The molecule has 10 heteroatoms. The summed E-state index contributed by atoms with van der Waals surface area (Å²) >= 11 is 0. The number of rotatable bonds is 10. The molecule has 1 fully saturated rings. The molecule has 220 valence electrons. The highest BCUT2D eigenvalue weighted by Crippen LogP contribution is 2.44. The summed E-state index contributed by atoms with van der Waals surface area (Å²) in [6.45, 7) is 6.15. The zero-order valence-electron chi connectivity index (χ0n) is 23.9. The molecule has 0 aromatic heterocycles. The van der Waals surface area contributed by atoms with Crippen LogP contribution in [0.2, 0.25) is 0 Å². The number of unbranched alkanes of at least 4 members (excludes halogenated alkanes) is 1. The van der Waals surface area contributed by atoms with Crippen LogP contribution in [0.4, 0.5) is 9.59 Å². The summed E-state index contributed by atoms with van der Waals surface area (Å²) in [7, 11) is 0. The Morgan fingerprint density at radius 2 is 1.63 bits per heavy atom. The lowest BCUT2D eigenvalue weighted by Gasteiger charge is -2.26. The van der Waals surface area contributed by atoms with E-state index < -0.39 is 41.7 Å². The van der Waals surface area contributed by atoms with E-state index in [4.69, 9.17) is 9.47 Å². The van der Waals surface area contributed by atoms with Crippen molar-refractivity contribution in [1.82, 2.24) is 15.5 Å². The smallest absolute Gasteiger partial charge is 0.410 e. The maximum atomic E-state index is 13.1. The van der Waals surface area contributed by atoms with E-state index in [1.807, 2.05) is 36.4 Å². The van der Waals surface area contributed by atoms with Gasteiger partial charge in [0.15, 0.2) is 0 Å². The maximum absolute atomic E-state index is 13.1. The van der Waals surface area contributed by atoms with E-state index in [1.54, 1.807) is 20.8 Å². The van der Waals surface area contributed by atoms with Crippen molar-refractivity contribution < 1.29 is 33.8 Å². The van der Waals surface area contributed by atoms with E-state index in [-0.39, 0.29) is 18.9 Å². The Bertz CT molecular complexity index is 1230. The molecule has 3 amide bonds. The van der Waals surface area contributed by atoms with Gasteiger partial charge in [-0.2, -0.15) is 0 Å². The van der Waals surface area contributed by atoms with Crippen LogP contribution in [0.15, 0.2) is 48.5 Å². The van der Waals surface area contributed by atoms with Crippen molar-refractivity contribution in [3.05, 3.63) is 59.7 Å². The predicted octanol–water partition coefficient (Wildman–Crippen LogP) is 4.66. The number of benzene rings is 2. The minimum atomic E-state index is -1.15. The highest BCUT2D eigenvalue weighted by Gasteiger charge is 2.37. The Morgan fingerprint density at radius 3 is 2.24 bits per heavy atom. The SMILES string of the molecule is CC(C)(C)OC(=O)NCCCC[C@H](NC(=O)[C@@H]1CCCN1C(=O)OCC1c2ccccc2-c2ccccc21)C(=O)O. The van der Waals surface area contributed by atoms with Gasteiger partial charge in [0.05, 0.1) is 0 Å². The molecule has 0 bridgehead atoms. The van der Waals surface area contributed by atoms with Gasteiger partial charge in [-0.25, -0.2) is 14.4 Å². The summed E-state index contributed by atoms with van der Waals surface area (Å²) in [6.07, 6.45) is 1.12. The first-order chi connectivity index (χ1) is 19.5. The summed E-state index contributed by atoms with van der Waals surface area (Å²) in [6, 6.07) is 14.2. The van der Waals surface area contributed by atoms with E-state index >= 15 is 0 Å². The Hall–Kier alpha value is -4.08. The van der Waals surface area contributed by atoms with Gasteiger partial charge in [0.1, 0.15) is 24.3 Å². The molecule has 2 aromatic rings. The van der Waals surface area contributed by atoms with Crippen molar-refractivity contribution in [1.29, 1.82) is 0 Å². The minimum absolute atomic E-state index is 0.0950. The maximum Gasteiger partial charge on any atom is 0.410 e. The Balaban J connectivity index is 1.27. The molecule has 0 spiro atoms. The molecule has 4 rings (SSSR count). The van der Waals surface area contributed by atoms with E-state index in [0.29, 0.717) is 38.8 Å². The number of carbonyl (C=O) groups is 4. The van der Waals surface area contributed by atoms with Gasteiger partial charge >= 0.3 is 18.2 Å². The number of carboxylic acid groups (broad SMARTS) is 1. The fraction of sp³-hybridized carbons (Fsp3) is 0.484. The fourth-order valence-electron chi connectivity index (χ4n) is 5.44. The van der Waals surface area contributed by atoms with Gasteiger partial charge in [0.2, 0.25) is 5.91 Å². The third kappa shape index (κ3) is 7.56. The van der Waals surface area contributed by atoms with Gasteiger partial charge in [-0.05, 0) is 75.1 Å². The van der Waals surface area contributed by atoms with Crippen LogP contribution in [-0.4, -0.2) is 71.5 Å². The Kier molecular flexibility index (Phi) is 9.52. The largest absolute Gasteiger partial charge is 0.480 e. The Labute approximate surface area is 240 Å². The summed E-state index contributed by atoms with van der Waals surface area (Å²) in [5.74, 6) is -1.75. The summed E-state index contributed by atoms with van der Waals surface area (Å²) in [5.41, 5.74) is 3.85. The van der Waals surface area contributed by atoms with Gasteiger partial charge in [-0.15, -0.1) is 0 Å². The topological polar surface area (TPSA) is 134 Å². The number of likely N-dealkylation sites (tertiary alicyclic amines) is 1. The number of fused-ring (bicyclic) bond motifs is 3. The van der Waals surface area contributed by atoms with Crippen LogP contribution in [0.5, 0.6) is 0 Å². The number of hydrogen-bond donors (Lipinski definition) is 3. The molecule has 10 nitrogen and oxygen atoms in total. The highest BCUT2D eigenvalue weighted by atomic mass is 16.6. The number of carbonyl (C=O) groups excluding carboxylic acids is 3. The number of carboxylic acids is 1. The first-order valence-electron chi connectivity index (χ1n) is 14.2. The van der Waals surface area contributed by atoms with Gasteiger partial charge in [0, 0.05) is 19.0 Å². The normalized spacial score (nSPS) is 16.9. The molecule has 2 atom stereocenters. The number of ether oxygens (including phenoxy) is 2. The van der Waals surface area contributed by atoms with Crippen LogP contribution in [0.25, 0.3) is 11.1 Å². The summed E-state index contributed by atoms with van der Waals surface area (Å²) in [5, 5.41) is 14.9. The van der Waals surface area contributed by atoms with E-state index in [9.17, 15) is 24.3 Å². The van der Waals surface area contributed by atoms with Gasteiger partial charge < -0.3 is 25.2 Å². The molecule has 0 unspecified atom stereocenters. The lowest BCUT2D eigenvalue weighted by molar-refractivity contribution is -0.142. The second-order valence-electron chi connectivity index (χ2n) is 11.5. The molecule has 1 aliphatic heterocycles. The lowest BCUT2D eigenvalue weighted by Crippen LogP contribution is -2.51. The molecule has 0 saturated carbocycles. The van der Waals surface area contributed by atoms with Crippen LogP contribution < -0.4 is 10.6 Å². The second kappa shape index (κ2) is 13.1. The standard InChI is InChI=1S/C31H39N3O7/c1-31(2,3)41-29(38)32-17-9-8-15-25(28(36)37)33-27(35)26-16-10-18-34(26)30(39)40-19-24-22-13-6-4-11-20(22)21-12-5-7-14-23(21)24/h4-7,11-14,24-26H,8-10,15-19H2,1-3H3,(H,32,38)(H,33,35)(H,36,37)/t25-,26-/m0/s1. The van der Waals surface area contributed by atoms with Crippen molar-refractivity contribution >= 4 is 24.1 Å². The first kappa shape index (κ1) is 29.9.